The second-order valence-corrected chi connectivity index (χ2v) is 6.39. The summed E-state index contributed by atoms with van der Waals surface area (Å²) in [4.78, 5) is 11.1. The first-order valence-corrected chi connectivity index (χ1v) is 7.53. The first-order chi connectivity index (χ1) is 10.4. The van der Waals surface area contributed by atoms with Gasteiger partial charge in [-0.25, -0.2) is 0 Å². The van der Waals surface area contributed by atoms with Crippen molar-refractivity contribution in [2.75, 3.05) is 7.11 Å². The van der Waals surface area contributed by atoms with E-state index in [4.69, 9.17) is 4.74 Å². The molecule has 0 fully saturated rings. The fraction of sp³-hybridized carbons (Fsp3) is 0.474. The molecule has 0 aliphatic rings. The molecular formula is C19H25NO2. The second-order valence-electron chi connectivity index (χ2n) is 6.39. The zero-order chi connectivity index (χ0) is 16.8. The number of nitrogens with zero attached hydrogens (tertiary/aromatic N) is 1. The van der Waals surface area contributed by atoms with Gasteiger partial charge in [0, 0.05) is 16.9 Å². The Labute approximate surface area is 133 Å². The molecule has 0 aromatic heterocycles. The van der Waals surface area contributed by atoms with E-state index in [0.717, 1.165) is 24.0 Å². The lowest BCUT2D eigenvalue weighted by atomic mass is 9.72. The Bertz CT molecular complexity index is 594. The van der Waals surface area contributed by atoms with E-state index in [1.807, 2.05) is 19.1 Å². The normalized spacial score (nSPS) is 14.4. The Balaban J connectivity index is 3.39. The number of hydrogen-bond acceptors (Lipinski definition) is 3. The van der Waals surface area contributed by atoms with Crippen LogP contribution in [0.1, 0.15) is 51.7 Å². The fourth-order valence-corrected chi connectivity index (χ4v) is 2.74. The maximum absolute atomic E-state index is 11.1. The summed E-state index contributed by atoms with van der Waals surface area (Å²) in [7, 11) is 1.63. The third-order valence-corrected chi connectivity index (χ3v) is 3.94. The number of rotatable bonds is 7. The highest BCUT2D eigenvalue weighted by molar-refractivity contribution is 5.54. The van der Waals surface area contributed by atoms with Gasteiger partial charge in [-0.3, -0.25) is 0 Å². The van der Waals surface area contributed by atoms with Crippen LogP contribution in [-0.4, -0.2) is 13.4 Å². The van der Waals surface area contributed by atoms with Crippen molar-refractivity contribution in [2.24, 2.45) is 5.92 Å². The van der Waals surface area contributed by atoms with E-state index < -0.39 is 0 Å². The van der Waals surface area contributed by atoms with Crippen molar-refractivity contribution in [1.29, 1.82) is 5.26 Å². The molecule has 3 heteroatoms. The van der Waals surface area contributed by atoms with Gasteiger partial charge < -0.3 is 9.53 Å². The number of nitriles is 1. The minimum Gasteiger partial charge on any atom is -0.496 e. The molecule has 0 bridgehead atoms. The summed E-state index contributed by atoms with van der Waals surface area (Å²) >= 11 is 0. The third kappa shape index (κ3) is 4.46. The Morgan fingerprint density at radius 3 is 2.64 bits per heavy atom. The Kier molecular flexibility index (Phi) is 6.37. The van der Waals surface area contributed by atoms with Crippen LogP contribution in [0.4, 0.5) is 0 Å². The average molecular weight is 299 g/mol. The van der Waals surface area contributed by atoms with Crippen molar-refractivity contribution < 1.29 is 9.53 Å². The standard InChI is InChI=1S/C19H25NO2/c1-14(2)8-9-19(4,11-15(3)13-21)17-10-16(12-20)6-7-18(17)22-5/h6-8,10,13,15H,9,11H2,1-5H3. The molecule has 1 rings (SSSR count). The smallest absolute Gasteiger partial charge is 0.122 e. The molecule has 0 aliphatic carbocycles. The lowest BCUT2D eigenvalue weighted by Gasteiger charge is -2.32. The van der Waals surface area contributed by atoms with Crippen LogP contribution in [0, 0.1) is 17.2 Å². The number of carbonyl (C=O) groups is 1. The van der Waals surface area contributed by atoms with Gasteiger partial charge in [-0.1, -0.05) is 25.5 Å². The van der Waals surface area contributed by atoms with Crippen LogP contribution < -0.4 is 4.74 Å². The van der Waals surface area contributed by atoms with Gasteiger partial charge in [0.25, 0.3) is 0 Å². The van der Waals surface area contributed by atoms with Crippen LogP contribution in [0.2, 0.25) is 0 Å². The molecule has 0 heterocycles. The summed E-state index contributed by atoms with van der Waals surface area (Å²) in [5.74, 6) is 0.716. The van der Waals surface area contributed by atoms with E-state index >= 15 is 0 Å². The maximum Gasteiger partial charge on any atom is 0.122 e. The summed E-state index contributed by atoms with van der Waals surface area (Å²) in [6, 6.07) is 7.66. The molecule has 0 radical (unpaired) electrons. The first kappa shape index (κ1) is 18.0. The molecule has 118 valence electrons. The van der Waals surface area contributed by atoms with E-state index in [9.17, 15) is 10.1 Å². The largest absolute Gasteiger partial charge is 0.496 e. The SMILES string of the molecule is COc1ccc(C#N)cc1C(C)(CC=C(C)C)CC(C)C=O. The molecule has 1 aromatic carbocycles. The van der Waals surface area contributed by atoms with Gasteiger partial charge in [0.2, 0.25) is 0 Å². The highest BCUT2D eigenvalue weighted by Gasteiger charge is 2.31. The van der Waals surface area contributed by atoms with Gasteiger partial charge in [0.15, 0.2) is 0 Å². The van der Waals surface area contributed by atoms with Crippen molar-refractivity contribution in [3.8, 4) is 11.8 Å². The van der Waals surface area contributed by atoms with E-state index in [2.05, 4.69) is 32.9 Å². The summed E-state index contributed by atoms with van der Waals surface area (Å²) in [5.41, 5.74) is 2.58. The van der Waals surface area contributed by atoms with Gasteiger partial charge in [-0.15, -0.1) is 0 Å². The monoisotopic (exact) mass is 299 g/mol. The highest BCUT2D eigenvalue weighted by atomic mass is 16.5. The highest BCUT2D eigenvalue weighted by Crippen LogP contribution is 2.40. The number of methoxy groups -OCH3 is 1. The van der Waals surface area contributed by atoms with Crippen LogP contribution >= 0.6 is 0 Å². The number of benzene rings is 1. The maximum atomic E-state index is 11.1. The number of ether oxygens (including phenoxy) is 1. The molecule has 0 spiro atoms. The van der Waals surface area contributed by atoms with E-state index in [0.29, 0.717) is 12.0 Å². The second kappa shape index (κ2) is 7.79. The Morgan fingerprint density at radius 2 is 2.14 bits per heavy atom. The molecule has 0 aliphatic heterocycles. The molecule has 3 nitrogen and oxygen atoms in total. The Hall–Kier alpha value is -2.08. The number of carbonyl (C=O) groups excluding carboxylic acids is 1. The van der Waals surface area contributed by atoms with Crippen LogP contribution in [0.15, 0.2) is 29.8 Å². The zero-order valence-electron chi connectivity index (χ0n) is 14.1. The van der Waals surface area contributed by atoms with Gasteiger partial charge in [-0.05, 0) is 44.9 Å². The third-order valence-electron chi connectivity index (χ3n) is 3.94. The van der Waals surface area contributed by atoms with Gasteiger partial charge >= 0.3 is 0 Å². The zero-order valence-corrected chi connectivity index (χ0v) is 14.1. The van der Waals surface area contributed by atoms with Crippen molar-refractivity contribution >= 4 is 6.29 Å². The van der Waals surface area contributed by atoms with Crippen molar-refractivity contribution in [1.82, 2.24) is 0 Å². The molecule has 0 N–H and O–H groups in total. The molecule has 0 saturated carbocycles. The summed E-state index contributed by atoms with van der Waals surface area (Å²) in [5, 5.41) is 9.18. The topological polar surface area (TPSA) is 50.1 Å². The van der Waals surface area contributed by atoms with E-state index in [1.165, 1.54) is 5.57 Å². The molecule has 2 atom stereocenters. The van der Waals surface area contributed by atoms with E-state index in [1.54, 1.807) is 13.2 Å². The number of aldehydes is 1. The van der Waals surface area contributed by atoms with Crippen molar-refractivity contribution in [3.63, 3.8) is 0 Å². The predicted octanol–water partition coefficient (Wildman–Crippen LogP) is 4.41. The lowest BCUT2D eigenvalue weighted by Crippen LogP contribution is -2.26. The fourth-order valence-electron chi connectivity index (χ4n) is 2.74. The van der Waals surface area contributed by atoms with Crippen molar-refractivity contribution in [3.05, 3.63) is 41.0 Å². The molecular weight excluding hydrogens is 274 g/mol. The van der Waals surface area contributed by atoms with Crippen LogP contribution in [-0.2, 0) is 10.2 Å². The average Bonchev–Trinajstić information content (AvgIpc) is 2.52. The quantitative estimate of drug-likeness (QED) is 0.553. The van der Waals surface area contributed by atoms with Crippen LogP contribution in [0.3, 0.4) is 0 Å². The van der Waals surface area contributed by atoms with Crippen LogP contribution in [0.5, 0.6) is 5.75 Å². The summed E-state index contributed by atoms with van der Waals surface area (Å²) in [6.07, 6.45) is 4.68. The first-order valence-electron chi connectivity index (χ1n) is 7.53. The van der Waals surface area contributed by atoms with Crippen LogP contribution in [0.25, 0.3) is 0 Å². The Morgan fingerprint density at radius 1 is 1.45 bits per heavy atom. The molecule has 0 amide bonds. The molecule has 2 unspecified atom stereocenters. The summed E-state index contributed by atoms with van der Waals surface area (Å²) < 4.78 is 5.49. The molecule has 22 heavy (non-hydrogen) atoms. The lowest BCUT2D eigenvalue weighted by molar-refractivity contribution is -0.111. The molecule has 0 saturated heterocycles. The number of allylic oxidation sites excluding steroid dienone is 2. The van der Waals surface area contributed by atoms with Gasteiger partial charge in [0.1, 0.15) is 12.0 Å². The van der Waals surface area contributed by atoms with Gasteiger partial charge in [0.05, 0.1) is 18.7 Å². The van der Waals surface area contributed by atoms with E-state index in [-0.39, 0.29) is 11.3 Å². The predicted molar refractivity (Wildman–Crippen MR) is 89.0 cm³/mol. The van der Waals surface area contributed by atoms with Gasteiger partial charge in [-0.2, -0.15) is 5.26 Å². The molecule has 1 aromatic rings. The van der Waals surface area contributed by atoms with Crippen molar-refractivity contribution in [2.45, 2.75) is 46.0 Å². The minimum atomic E-state index is -0.254. The minimum absolute atomic E-state index is 0.0500. The number of hydrogen-bond donors (Lipinski definition) is 0. The summed E-state index contributed by atoms with van der Waals surface area (Å²) in [6.45, 7) is 8.18.